The van der Waals surface area contributed by atoms with Crippen LogP contribution in [0.3, 0.4) is 0 Å². The van der Waals surface area contributed by atoms with Crippen molar-refractivity contribution in [1.29, 1.82) is 0 Å². The standard InChI is InChI=1S/C29H32N4O2S/c1-22(16-17-23-10-5-3-6-11-23)30-28(34)21-33(20-24-12-7-4-8-13-24)29-31-27(32-36-29)19-25-14-9-15-26(18-25)35-2/h3-15,18,22H,16-17,19-21H2,1-2H3,(H,30,34). The summed E-state index contributed by atoms with van der Waals surface area (Å²) in [4.78, 5) is 19.8. The molecule has 0 aliphatic heterocycles. The molecule has 0 aliphatic rings. The molecule has 0 fully saturated rings. The zero-order chi connectivity index (χ0) is 25.2. The maximum atomic E-state index is 13.0. The van der Waals surface area contributed by atoms with E-state index in [0.717, 1.165) is 40.7 Å². The number of aryl methyl sites for hydroxylation is 1. The van der Waals surface area contributed by atoms with Gasteiger partial charge in [-0.25, -0.2) is 4.98 Å². The van der Waals surface area contributed by atoms with Crippen LogP contribution in [0.5, 0.6) is 5.75 Å². The topological polar surface area (TPSA) is 67.3 Å². The number of rotatable bonds is 12. The number of amides is 1. The summed E-state index contributed by atoms with van der Waals surface area (Å²) in [6.45, 7) is 2.86. The number of carbonyl (C=O) groups is 1. The highest BCUT2D eigenvalue weighted by Gasteiger charge is 2.18. The van der Waals surface area contributed by atoms with Crippen LogP contribution in [0.1, 0.15) is 35.9 Å². The maximum Gasteiger partial charge on any atom is 0.239 e. The maximum absolute atomic E-state index is 13.0. The summed E-state index contributed by atoms with van der Waals surface area (Å²) in [6.07, 6.45) is 2.42. The van der Waals surface area contributed by atoms with Crippen molar-refractivity contribution in [3.8, 4) is 5.75 Å². The Morgan fingerprint density at radius 1 is 0.972 bits per heavy atom. The predicted molar refractivity (Wildman–Crippen MR) is 146 cm³/mol. The highest BCUT2D eigenvalue weighted by molar-refractivity contribution is 7.09. The SMILES string of the molecule is COc1cccc(Cc2nsc(N(CC(=O)NC(C)CCc3ccccc3)Cc3ccccc3)n2)c1. The average Bonchev–Trinajstić information content (AvgIpc) is 3.37. The van der Waals surface area contributed by atoms with Crippen molar-refractivity contribution < 1.29 is 9.53 Å². The zero-order valence-corrected chi connectivity index (χ0v) is 21.6. The zero-order valence-electron chi connectivity index (χ0n) is 20.8. The first-order valence-corrected chi connectivity index (χ1v) is 12.9. The highest BCUT2D eigenvalue weighted by Crippen LogP contribution is 2.22. The molecular weight excluding hydrogens is 468 g/mol. The van der Waals surface area contributed by atoms with Crippen molar-refractivity contribution in [3.63, 3.8) is 0 Å². The van der Waals surface area contributed by atoms with Gasteiger partial charge in [0.25, 0.3) is 0 Å². The quantitative estimate of drug-likeness (QED) is 0.287. The van der Waals surface area contributed by atoms with Crippen molar-refractivity contribution in [1.82, 2.24) is 14.7 Å². The fraction of sp³-hybridized carbons (Fsp3) is 0.276. The van der Waals surface area contributed by atoms with E-state index in [0.29, 0.717) is 13.0 Å². The first-order valence-electron chi connectivity index (χ1n) is 12.2. The summed E-state index contributed by atoms with van der Waals surface area (Å²) in [5.74, 6) is 1.53. The molecule has 1 N–H and O–H groups in total. The molecule has 0 saturated carbocycles. The van der Waals surface area contributed by atoms with Crippen LogP contribution in [0.2, 0.25) is 0 Å². The van der Waals surface area contributed by atoms with Crippen molar-refractivity contribution in [2.45, 2.75) is 38.8 Å². The Morgan fingerprint density at radius 2 is 1.67 bits per heavy atom. The minimum absolute atomic E-state index is 0.0176. The second kappa shape index (κ2) is 12.8. The predicted octanol–water partition coefficient (Wildman–Crippen LogP) is 5.28. The van der Waals surface area contributed by atoms with E-state index in [4.69, 9.17) is 9.72 Å². The third-order valence-corrected chi connectivity index (χ3v) is 6.71. The first-order chi connectivity index (χ1) is 17.6. The third kappa shape index (κ3) is 7.65. The molecule has 1 atom stereocenters. The number of ether oxygens (including phenoxy) is 1. The number of hydrogen-bond donors (Lipinski definition) is 1. The van der Waals surface area contributed by atoms with Crippen LogP contribution < -0.4 is 15.0 Å². The Labute approximate surface area is 217 Å². The minimum atomic E-state index is -0.0176. The molecule has 0 aliphatic carbocycles. The Bertz CT molecular complexity index is 1230. The van der Waals surface area contributed by atoms with Gasteiger partial charge in [-0.05, 0) is 48.6 Å². The largest absolute Gasteiger partial charge is 0.497 e. The Kier molecular flexibility index (Phi) is 9.05. The molecule has 36 heavy (non-hydrogen) atoms. The Hall–Kier alpha value is -3.71. The lowest BCUT2D eigenvalue weighted by Crippen LogP contribution is -2.41. The number of carbonyl (C=O) groups excluding carboxylic acids is 1. The highest BCUT2D eigenvalue weighted by atomic mass is 32.1. The fourth-order valence-electron chi connectivity index (χ4n) is 4.00. The molecule has 6 nitrogen and oxygen atoms in total. The smallest absolute Gasteiger partial charge is 0.239 e. The van der Waals surface area contributed by atoms with Crippen LogP contribution in [0.4, 0.5) is 5.13 Å². The summed E-state index contributed by atoms with van der Waals surface area (Å²) in [6, 6.07) is 28.5. The molecule has 1 heterocycles. The second-order valence-electron chi connectivity index (χ2n) is 8.86. The Balaban J connectivity index is 1.41. The van der Waals surface area contributed by atoms with Gasteiger partial charge in [0.2, 0.25) is 11.0 Å². The Morgan fingerprint density at radius 3 is 2.39 bits per heavy atom. The normalized spacial score (nSPS) is 11.6. The van der Waals surface area contributed by atoms with Gasteiger partial charge >= 0.3 is 0 Å². The van der Waals surface area contributed by atoms with Crippen LogP contribution in [-0.4, -0.2) is 35.0 Å². The molecule has 0 saturated heterocycles. The molecule has 0 bridgehead atoms. The van der Waals surface area contributed by atoms with Gasteiger partial charge in [0.15, 0.2) is 0 Å². The van der Waals surface area contributed by atoms with Gasteiger partial charge in [0.05, 0.1) is 13.7 Å². The molecule has 186 valence electrons. The van der Waals surface area contributed by atoms with Gasteiger partial charge in [0.1, 0.15) is 11.6 Å². The van der Waals surface area contributed by atoms with Crippen LogP contribution >= 0.6 is 11.5 Å². The van der Waals surface area contributed by atoms with Crippen LogP contribution in [0, 0.1) is 0 Å². The molecule has 7 heteroatoms. The first kappa shape index (κ1) is 25.4. The average molecular weight is 501 g/mol. The fourth-order valence-corrected chi connectivity index (χ4v) is 4.68. The monoisotopic (exact) mass is 500 g/mol. The van der Waals surface area contributed by atoms with Crippen molar-refractivity contribution in [2.75, 3.05) is 18.6 Å². The number of nitrogens with one attached hydrogen (secondary N) is 1. The number of benzene rings is 3. The lowest BCUT2D eigenvalue weighted by atomic mass is 10.1. The summed E-state index contributed by atoms with van der Waals surface area (Å²) < 4.78 is 9.91. The van der Waals surface area contributed by atoms with Gasteiger partial charge in [-0.3, -0.25) is 4.79 Å². The summed E-state index contributed by atoms with van der Waals surface area (Å²) in [5.41, 5.74) is 3.48. The van der Waals surface area contributed by atoms with E-state index in [2.05, 4.69) is 40.9 Å². The summed E-state index contributed by atoms with van der Waals surface area (Å²) in [7, 11) is 1.66. The number of anilines is 1. The van der Waals surface area contributed by atoms with Crippen molar-refractivity contribution in [3.05, 3.63) is 107 Å². The van der Waals surface area contributed by atoms with Crippen LogP contribution in [0.15, 0.2) is 84.9 Å². The van der Waals surface area contributed by atoms with E-state index in [9.17, 15) is 4.79 Å². The van der Waals surface area contributed by atoms with Gasteiger partial charge in [-0.15, -0.1) is 0 Å². The lowest BCUT2D eigenvalue weighted by molar-refractivity contribution is -0.120. The molecule has 3 aromatic carbocycles. The molecule has 1 unspecified atom stereocenters. The summed E-state index contributed by atoms with van der Waals surface area (Å²) >= 11 is 1.33. The molecule has 4 rings (SSSR count). The second-order valence-corrected chi connectivity index (χ2v) is 9.59. The van der Waals surface area contributed by atoms with Crippen LogP contribution in [0.25, 0.3) is 0 Å². The van der Waals surface area contributed by atoms with E-state index in [1.807, 2.05) is 65.6 Å². The van der Waals surface area contributed by atoms with E-state index in [1.54, 1.807) is 7.11 Å². The van der Waals surface area contributed by atoms with Crippen molar-refractivity contribution in [2.24, 2.45) is 0 Å². The van der Waals surface area contributed by atoms with Gasteiger partial charge in [-0.2, -0.15) is 4.37 Å². The van der Waals surface area contributed by atoms with E-state index in [1.165, 1.54) is 17.1 Å². The van der Waals surface area contributed by atoms with Crippen molar-refractivity contribution >= 4 is 22.6 Å². The van der Waals surface area contributed by atoms with Gasteiger partial charge < -0.3 is 15.0 Å². The lowest BCUT2D eigenvalue weighted by Gasteiger charge is -2.22. The number of hydrogen-bond acceptors (Lipinski definition) is 6. The van der Waals surface area contributed by atoms with E-state index in [-0.39, 0.29) is 18.5 Å². The van der Waals surface area contributed by atoms with Gasteiger partial charge in [-0.1, -0.05) is 72.8 Å². The van der Waals surface area contributed by atoms with E-state index >= 15 is 0 Å². The van der Waals surface area contributed by atoms with Crippen LogP contribution in [-0.2, 0) is 24.2 Å². The molecule has 1 aromatic heterocycles. The van der Waals surface area contributed by atoms with E-state index < -0.39 is 0 Å². The molecule has 0 radical (unpaired) electrons. The number of nitrogens with zero attached hydrogens (tertiary/aromatic N) is 3. The molecule has 4 aromatic rings. The third-order valence-electron chi connectivity index (χ3n) is 5.89. The number of methoxy groups -OCH3 is 1. The molecule has 0 spiro atoms. The summed E-state index contributed by atoms with van der Waals surface area (Å²) in [5, 5.41) is 3.90. The molecule has 1 amide bonds. The molecular formula is C29H32N4O2S. The van der Waals surface area contributed by atoms with Gasteiger partial charge in [0, 0.05) is 30.5 Å². The minimum Gasteiger partial charge on any atom is -0.497 e. The number of aromatic nitrogens is 2.